The fourth-order valence-electron chi connectivity index (χ4n) is 1.64. The lowest BCUT2D eigenvalue weighted by Crippen LogP contribution is -2.07. The van der Waals surface area contributed by atoms with Gasteiger partial charge < -0.3 is 14.8 Å². The highest BCUT2D eigenvalue weighted by atomic mass is 16.5. The molecule has 27 heavy (non-hydrogen) atoms. The van der Waals surface area contributed by atoms with Gasteiger partial charge in [-0.2, -0.15) is 0 Å². The van der Waals surface area contributed by atoms with Crippen molar-refractivity contribution in [1.29, 1.82) is 0 Å². The number of carbonyl (C=O) groups is 1. The van der Waals surface area contributed by atoms with E-state index in [4.69, 9.17) is 4.74 Å². The van der Waals surface area contributed by atoms with Crippen LogP contribution < -0.4 is 10.1 Å². The van der Waals surface area contributed by atoms with Crippen molar-refractivity contribution in [3.63, 3.8) is 0 Å². The predicted octanol–water partition coefficient (Wildman–Crippen LogP) is 3.95. The van der Waals surface area contributed by atoms with E-state index in [0.29, 0.717) is 23.6 Å². The second-order valence-electron chi connectivity index (χ2n) is 4.85. The van der Waals surface area contributed by atoms with Gasteiger partial charge in [-0.25, -0.2) is 0 Å². The summed E-state index contributed by atoms with van der Waals surface area (Å²) in [6.45, 7) is 10.1. The molecule has 0 atom stereocenters. The predicted molar refractivity (Wildman–Crippen MR) is 115 cm³/mol. The van der Waals surface area contributed by atoms with Gasteiger partial charge >= 0.3 is 0 Å². The minimum atomic E-state index is 0.294. The number of nitrogens with one attached hydrogen (secondary N) is 1. The highest BCUT2D eigenvalue weighted by Gasteiger charge is 2.01. The van der Waals surface area contributed by atoms with E-state index in [1.807, 2.05) is 20.8 Å². The Morgan fingerprint density at radius 1 is 1.30 bits per heavy atom. The molecule has 1 N–H and O–H groups in total. The number of aldehydes is 1. The SMILES string of the molecule is C=C(NC)/C(C)=C(/C=NC)N=CCOc1cccc(C=O)c1.CC.COC. The summed E-state index contributed by atoms with van der Waals surface area (Å²) >= 11 is 0. The third-order valence-electron chi connectivity index (χ3n) is 2.94. The molecule has 0 unspecified atom stereocenters. The van der Waals surface area contributed by atoms with Gasteiger partial charge in [0.25, 0.3) is 0 Å². The number of rotatable bonds is 8. The maximum absolute atomic E-state index is 10.7. The van der Waals surface area contributed by atoms with Crippen molar-refractivity contribution >= 4 is 18.7 Å². The van der Waals surface area contributed by atoms with Gasteiger partial charge in [0.1, 0.15) is 18.6 Å². The number of nitrogens with zero attached hydrogens (tertiary/aromatic N) is 2. The molecule has 0 bridgehead atoms. The summed E-state index contributed by atoms with van der Waals surface area (Å²) in [7, 11) is 6.74. The van der Waals surface area contributed by atoms with Crippen molar-refractivity contribution in [1.82, 2.24) is 5.32 Å². The van der Waals surface area contributed by atoms with E-state index in [0.717, 1.165) is 17.6 Å². The minimum Gasteiger partial charge on any atom is -0.488 e. The number of likely N-dealkylation sites (N-methyl/N-ethyl adjacent to an activating group) is 1. The van der Waals surface area contributed by atoms with E-state index in [9.17, 15) is 4.79 Å². The number of hydrogen-bond donors (Lipinski definition) is 1. The van der Waals surface area contributed by atoms with Crippen LogP contribution in [0.15, 0.2) is 57.8 Å². The number of benzene rings is 1. The molecule has 6 heteroatoms. The maximum atomic E-state index is 10.7. The van der Waals surface area contributed by atoms with Gasteiger partial charge in [0.05, 0.1) is 5.70 Å². The highest BCUT2D eigenvalue weighted by molar-refractivity contribution is 5.83. The monoisotopic (exact) mass is 375 g/mol. The molecular formula is C21H33N3O3. The fourth-order valence-corrected chi connectivity index (χ4v) is 1.64. The largest absolute Gasteiger partial charge is 0.488 e. The van der Waals surface area contributed by atoms with Gasteiger partial charge in [-0.15, -0.1) is 0 Å². The number of aliphatic imine (C=N–C) groups is 2. The number of hydrogen-bond acceptors (Lipinski definition) is 6. The van der Waals surface area contributed by atoms with Crippen LogP contribution in [0, 0.1) is 0 Å². The van der Waals surface area contributed by atoms with Gasteiger partial charge in [0, 0.05) is 52.0 Å². The number of methoxy groups -OCH3 is 1. The molecular weight excluding hydrogens is 342 g/mol. The quantitative estimate of drug-likeness (QED) is 0.424. The molecule has 150 valence electrons. The summed E-state index contributed by atoms with van der Waals surface area (Å²) < 4.78 is 9.78. The van der Waals surface area contributed by atoms with Crippen LogP contribution in [0.4, 0.5) is 0 Å². The molecule has 0 saturated carbocycles. The minimum absolute atomic E-state index is 0.294. The van der Waals surface area contributed by atoms with Crippen molar-refractivity contribution in [3.8, 4) is 5.75 Å². The topological polar surface area (TPSA) is 72.3 Å². The first-order valence-electron chi connectivity index (χ1n) is 8.64. The van der Waals surface area contributed by atoms with E-state index in [-0.39, 0.29) is 0 Å². The zero-order valence-electron chi connectivity index (χ0n) is 17.6. The molecule has 0 aromatic heterocycles. The van der Waals surface area contributed by atoms with Gasteiger partial charge in [0.2, 0.25) is 0 Å². The first-order chi connectivity index (χ1) is 13.0. The standard InChI is InChI=1S/C17H21N3O2.C2H6O.C2H6/c1-13(14(2)19-4)17(11-18-3)20-8-9-22-16-7-5-6-15(10-16)12-21;1-3-2;1-2/h5-8,10-12,19H,2,9H2,1,3-4H3;1-2H3;1-2H3/b17-13-,18-11?,20-8?;;. The molecule has 0 aliphatic heterocycles. The van der Waals surface area contributed by atoms with Gasteiger partial charge in [-0.3, -0.25) is 14.8 Å². The zero-order chi connectivity index (χ0) is 21.1. The third-order valence-corrected chi connectivity index (χ3v) is 2.94. The number of carbonyl (C=O) groups excluding carboxylic acids is 1. The van der Waals surface area contributed by atoms with Crippen molar-refractivity contribution in [3.05, 3.63) is 53.4 Å². The second kappa shape index (κ2) is 18.1. The molecule has 0 heterocycles. The Labute approximate surface area is 163 Å². The van der Waals surface area contributed by atoms with E-state index in [2.05, 4.69) is 26.6 Å². The smallest absolute Gasteiger partial charge is 0.150 e. The Balaban J connectivity index is 0. The maximum Gasteiger partial charge on any atom is 0.150 e. The summed E-state index contributed by atoms with van der Waals surface area (Å²) in [5.41, 5.74) is 2.99. The Bertz CT molecular complexity index is 635. The molecule has 1 aromatic carbocycles. The molecule has 0 saturated heterocycles. The summed E-state index contributed by atoms with van der Waals surface area (Å²) in [5, 5.41) is 2.98. The number of allylic oxidation sites excluding steroid dienone is 2. The van der Waals surface area contributed by atoms with Gasteiger partial charge in [0.15, 0.2) is 0 Å². The molecule has 0 radical (unpaired) electrons. The summed E-state index contributed by atoms with van der Waals surface area (Å²) in [4.78, 5) is 19.0. The first-order valence-corrected chi connectivity index (χ1v) is 8.64. The van der Waals surface area contributed by atoms with Crippen LogP contribution in [0.2, 0.25) is 0 Å². The van der Waals surface area contributed by atoms with Crippen LogP contribution in [0.1, 0.15) is 31.1 Å². The first kappa shape index (κ1) is 26.5. The Morgan fingerprint density at radius 3 is 2.44 bits per heavy atom. The van der Waals surface area contributed by atoms with Gasteiger partial charge in [-0.1, -0.05) is 32.6 Å². The molecule has 0 spiro atoms. The van der Waals surface area contributed by atoms with E-state index < -0.39 is 0 Å². The Morgan fingerprint density at radius 2 is 1.93 bits per heavy atom. The van der Waals surface area contributed by atoms with Gasteiger partial charge in [-0.05, 0) is 24.6 Å². The fraction of sp³-hybridized carbons (Fsp3) is 0.381. The van der Waals surface area contributed by atoms with Crippen molar-refractivity contribution in [2.45, 2.75) is 20.8 Å². The van der Waals surface area contributed by atoms with E-state index >= 15 is 0 Å². The van der Waals surface area contributed by atoms with E-state index in [1.165, 1.54) is 0 Å². The molecule has 0 fully saturated rings. The average molecular weight is 376 g/mol. The summed E-state index contributed by atoms with van der Waals surface area (Å²) in [6, 6.07) is 6.96. The molecule has 6 nitrogen and oxygen atoms in total. The lowest BCUT2D eigenvalue weighted by molar-refractivity contribution is 0.112. The normalized spacial score (nSPS) is 10.9. The molecule has 0 aliphatic rings. The highest BCUT2D eigenvalue weighted by Crippen LogP contribution is 2.12. The van der Waals surface area contributed by atoms with Crippen LogP contribution >= 0.6 is 0 Å². The summed E-state index contributed by atoms with van der Waals surface area (Å²) in [5.74, 6) is 0.627. The van der Waals surface area contributed by atoms with Crippen molar-refractivity contribution in [2.75, 3.05) is 34.9 Å². The van der Waals surface area contributed by atoms with E-state index in [1.54, 1.807) is 65.0 Å². The third kappa shape index (κ3) is 12.3. The van der Waals surface area contributed by atoms with Crippen molar-refractivity contribution in [2.24, 2.45) is 9.98 Å². The zero-order valence-corrected chi connectivity index (χ0v) is 17.6. The molecule has 0 aliphatic carbocycles. The molecule has 1 aromatic rings. The second-order valence-corrected chi connectivity index (χ2v) is 4.85. The lowest BCUT2D eigenvalue weighted by atomic mass is 10.2. The Hall–Kier alpha value is -2.73. The average Bonchev–Trinajstić information content (AvgIpc) is 2.71. The summed E-state index contributed by atoms with van der Waals surface area (Å²) in [6.07, 6.45) is 4.10. The lowest BCUT2D eigenvalue weighted by Gasteiger charge is -2.07. The van der Waals surface area contributed by atoms with Crippen LogP contribution in [0.25, 0.3) is 0 Å². The number of ether oxygens (including phenoxy) is 2. The van der Waals surface area contributed by atoms with Crippen LogP contribution in [-0.4, -0.2) is 53.6 Å². The van der Waals surface area contributed by atoms with Crippen LogP contribution in [0.3, 0.4) is 0 Å². The Kier molecular flexibility index (Phi) is 17.7. The van der Waals surface area contributed by atoms with Crippen LogP contribution in [-0.2, 0) is 4.74 Å². The molecule has 0 amide bonds. The van der Waals surface area contributed by atoms with Crippen molar-refractivity contribution < 1.29 is 14.3 Å². The van der Waals surface area contributed by atoms with Crippen LogP contribution in [0.5, 0.6) is 5.75 Å². The molecule has 1 rings (SSSR count).